The highest BCUT2D eigenvalue weighted by atomic mass is 35.6. The summed E-state index contributed by atoms with van der Waals surface area (Å²) in [6, 6.07) is 0. The monoisotopic (exact) mass is 259 g/mol. The van der Waals surface area contributed by atoms with Gasteiger partial charge in [0.25, 0.3) is 9.58 Å². The SMILES string of the molecule is CC(C)(C)C1=NOC(O)(C(Cl)(Cl)Cl)C1. The molecule has 0 aromatic rings. The lowest BCUT2D eigenvalue weighted by Crippen LogP contribution is -2.43. The first-order valence-corrected chi connectivity index (χ1v) is 5.24. The largest absolute Gasteiger partial charge is 0.355 e. The van der Waals surface area contributed by atoms with E-state index in [1.54, 1.807) is 0 Å². The smallest absolute Gasteiger partial charge is 0.287 e. The summed E-state index contributed by atoms with van der Waals surface area (Å²) in [5.41, 5.74) is 0.465. The van der Waals surface area contributed by atoms with Gasteiger partial charge in [0.2, 0.25) is 0 Å². The van der Waals surface area contributed by atoms with E-state index in [0.29, 0.717) is 5.71 Å². The highest BCUT2D eigenvalue weighted by Crippen LogP contribution is 2.45. The molecule has 82 valence electrons. The van der Waals surface area contributed by atoms with Crippen LogP contribution < -0.4 is 0 Å². The van der Waals surface area contributed by atoms with Crippen molar-refractivity contribution in [3.63, 3.8) is 0 Å². The van der Waals surface area contributed by atoms with Gasteiger partial charge < -0.3 is 9.94 Å². The van der Waals surface area contributed by atoms with E-state index in [4.69, 9.17) is 39.6 Å². The van der Waals surface area contributed by atoms with E-state index in [-0.39, 0.29) is 11.8 Å². The summed E-state index contributed by atoms with van der Waals surface area (Å²) in [5, 5.41) is 13.6. The van der Waals surface area contributed by atoms with Crippen LogP contribution in [0.4, 0.5) is 0 Å². The molecule has 0 saturated heterocycles. The van der Waals surface area contributed by atoms with Gasteiger partial charge in [-0.2, -0.15) is 0 Å². The van der Waals surface area contributed by atoms with Crippen LogP contribution in [0.5, 0.6) is 0 Å². The Kier molecular flexibility index (Phi) is 3.01. The highest BCUT2D eigenvalue weighted by Gasteiger charge is 2.55. The maximum absolute atomic E-state index is 9.83. The van der Waals surface area contributed by atoms with Crippen LogP contribution in [0, 0.1) is 5.41 Å². The fraction of sp³-hybridized carbons (Fsp3) is 0.875. The van der Waals surface area contributed by atoms with Gasteiger partial charge in [0.15, 0.2) is 0 Å². The molecule has 1 N–H and O–H groups in total. The van der Waals surface area contributed by atoms with Crippen LogP contribution in [-0.4, -0.2) is 20.4 Å². The van der Waals surface area contributed by atoms with E-state index in [0.717, 1.165) is 0 Å². The maximum atomic E-state index is 9.83. The predicted molar refractivity (Wildman–Crippen MR) is 57.8 cm³/mol. The quantitative estimate of drug-likeness (QED) is 0.681. The molecule has 6 heteroatoms. The molecule has 1 aliphatic heterocycles. The van der Waals surface area contributed by atoms with Gasteiger partial charge in [-0.15, -0.1) is 0 Å². The lowest BCUT2D eigenvalue weighted by Gasteiger charge is -2.28. The molecule has 0 saturated carbocycles. The second kappa shape index (κ2) is 3.41. The zero-order valence-corrected chi connectivity index (χ0v) is 10.4. The maximum Gasteiger partial charge on any atom is 0.287 e. The van der Waals surface area contributed by atoms with Crippen molar-refractivity contribution in [2.24, 2.45) is 10.6 Å². The third-order valence-electron chi connectivity index (χ3n) is 2.02. The molecule has 0 aromatic carbocycles. The van der Waals surface area contributed by atoms with Crippen molar-refractivity contribution in [2.75, 3.05) is 0 Å². The molecule has 1 rings (SSSR count). The number of hydrogen-bond donors (Lipinski definition) is 1. The Labute approximate surface area is 98.0 Å². The molecule has 0 spiro atoms. The van der Waals surface area contributed by atoms with Crippen molar-refractivity contribution in [1.82, 2.24) is 0 Å². The van der Waals surface area contributed by atoms with Gasteiger partial charge in [-0.1, -0.05) is 60.7 Å². The molecule has 1 aliphatic rings. The first-order chi connectivity index (χ1) is 6.06. The van der Waals surface area contributed by atoms with Crippen molar-refractivity contribution < 1.29 is 9.94 Å². The topological polar surface area (TPSA) is 41.8 Å². The van der Waals surface area contributed by atoms with Crippen molar-refractivity contribution >= 4 is 40.5 Å². The Bertz CT molecular complexity index is 267. The van der Waals surface area contributed by atoms with E-state index < -0.39 is 9.58 Å². The summed E-state index contributed by atoms with van der Waals surface area (Å²) >= 11 is 16.7. The van der Waals surface area contributed by atoms with Crippen LogP contribution in [0.15, 0.2) is 5.16 Å². The van der Waals surface area contributed by atoms with Gasteiger partial charge in [0.05, 0.1) is 12.1 Å². The molecule has 1 unspecified atom stereocenters. The number of oxime groups is 1. The Morgan fingerprint density at radius 3 is 2.07 bits per heavy atom. The van der Waals surface area contributed by atoms with E-state index in [2.05, 4.69) is 5.16 Å². The molecule has 0 amide bonds. The van der Waals surface area contributed by atoms with Crippen molar-refractivity contribution in [3.05, 3.63) is 0 Å². The molecule has 0 aliphatic carbocycles. The normalized spacial score (nSPS) is 28.6. The first-order valence-electron chi connectivity index (χ1n) is 4.11. The zero-order chi connectivity index (χ0) is 11.2. The minimum absolute atomic E-state index is 0.104. The minimum atomic E-state index is -1.90. The summed E-state index contributed by atoms with van der Waals surface area (Å²) in [7, 11) is 0. The van der Waals surface area contributed by atoms with Crippen LogP contribution in [-0.2, 0) is 4.84 Å². The lowest BCUT2D eigenvalue weighted by molar-refractivity contribution is -0.181. The van der Waals surface area contributed by atoms with Crippen LogP contribution in [0.25, 0.3) is 0 Å². The second-order valence-electron chi connectivity index (χ2n) is 4.34. The molecule has 14 heavy (non-hydrogen) atoms. The highest BCUT2D eigenvalue weighted by molar-refractivity contribution is 6.68. The summed E-state index contributed by atoms with van der Waals surface area (Å²) in [6.45, 7) is 5.83. The Balaban J connectivity index is 2.81. The van der Waals surface area contributed by atoms with E-state index in [1.165, 1.54) is 0 Å². The Hall–Kier alpha value is 0.300. The number of aliphatic hydroxyl groups is 1. The van der Waals surface area contributed by atoms with Gasteiger partial charge in [0, 0.05) is 5.41 Å². The van der Waals surface area contributed by atoms with Crippen LogP contribution in [0.1, 0.15) is 27.2 Å². The predicted octanol–water partition coefficient (Wildman–Crippen LogP) is 2.87. The van der Waals surface area contributed by atoms with Gasteiger partial charge in [-0.3, -0.25) is 0 Å². The molecule has 1 atom stereocenters. The van der Waals surface area contributed by atoms with Gasteiger partial charge in [0.1, 0.15) is 0 Å². The average Bonchev–Trinajstić information content (AvgIpc) is 2.29. The molecule has 0 radical (unpaired) electrons. The standard InChI is InChI=1S/C8H12Cl3NO2/c1-6(2,3)5-4-7(13,14-12-5)8(9,10)11/h13H,4H2,1-3H3. The minimum Gasteiger partial charge on any atom is -0.355 e. The van der Waals surface area contributed by atoms with Crippen molar-refractivity contribution in [2.45, 2.75) is 36.8 Å². The van der Waals surface area contributed by atoms with E-state index in [9.17, 15) is 5.11 Å². The number of hydrogen-bond acceptors (Lipinski definition) is 3. The Morgan fingerprint density at radius 2 is 1.86 bits per heavy atom. The Morgan fingerprint density at radius 1 is 1.36 bits per heavy atom. The van der Waals surface area contributed by atoms with Crippen molar-refractivity contribution in [1.29, 1.82) is 0 Å². The van der Waals surface area contributed by atoms with Crippen LogP contribution in [0.3, 0.4) is 0 Å². The first kappa shape index (κ1) is 12.4. The molecule has 0 bridgehead atoms. The fourth-order valence-electron chi connectivity index (χ4n) is 0.976. The number of nitrogens with zero attached hydrogens (tertiary/aromatic N) is 1. The van der Waals surface area contributed by atoms with Crippen LogP contribution in [0.2, 0.25) is 0 Å². The molecule has 0 aromatic heterocycles. The summed E-state index contributed by atoms with van der Waals surface area (Å²) < 4.78 is -1.90. The zero-order valence-electron chi connectivity index (χ0n) is 8.14. The van der Waals surface area contributed by atoms with Gasteiger partial charge >= 0.3 is 0 Å². The number of rotatable bonds is 0. The summed E-state index contributed by atoms with van der Waals surface area (Å²) in [5.74, 6) is -1.85. The molecule has 1 heterocycles. The summed E-state index contributed by atoms with van der Waals surface area (Å²) in [6.07, 6.45) is 0.104. The second-order valence-corrected chi connectivity index (χ2v) is 6.62. The van der Waals surface area contributed by atoms with Gasteiger partial charge in [-0.05, 0) is 0 Å². The molecular formula is C8H12Cl3NO2. The molecule has 0 fully saturated rings. The van der Waals surface area contributed by atoms with Gasteiger partial charge in [-0.25, -0.2) is 0 Å². The molecule has 3 nitrogen and oxygen atoms in total. The third kappa shape index (κ3) is 2.27. The third-order valence-corrected chi connectivity index (χ3v) is 2.91. The fourth-order valence-corrected chi connectivity index (χ4v) is 1.28. The van der Waals surface area contributed by atoms with E-state index >= 15 is 0 Å². The molecular weight excluding hydrogens is 248 g/mol. The number of halogens is 3. The summed E-state index contributed by atoms with van der Waals surface area (Å²) in [4.78, 5) is 4.79. The number of alkyl halides is 3. The lowest BCUT2D eigenvalue weighted by atomic mass is 9.87. The van der Waals surface area contributed by atoms with E-state index in [1.807, 2.05) is 20.8 Å². The van der Waals surface area contributed by atoms with Crippen molar-refractivity contribution in [3.8, 4) is 0 Å². The average molecular weight is 261 g/mol. The van der Waals surface area contributed by atoms with Crippen LogP contribution >= 0.6 is 34.8 Å².